The van der Waals surface area contributed by atoms with Gasteiger partial charge in [-0.15, -0.1) is 0 Å². The molecule has 0 saturated carbocycles. The second-order valence-corrected chi connectivity index (χ2v) is 4.87. The maximum absolute atomic E-state index is 11.0. The Bertz CT molecular complexity index is 187. The summed E-state index contributed by atoms with van der Waals surface area (Å²) >= 11 is 0. The lowest BCUT2D eigenvalue weighted by molar-refractivity contribution is 0.213. The molecule has 3 unspecified atom stereocenters. The zero-order valence-electron chi connectivity index (χ0n) is 6.51. The third kappa shape index (κ3) is 2.75. The van der Waals surface area contributed by atoms with E-state index in [1.165, 1.54) is 19.1 Å². The average molecular weight is 180 g/mol. The Balaban J connectivity index is 4.43. The van der Waals surface area contributed by atoms with Gasteiger partial charge in [-0.3, -0.25) is 4.57 Å². The van der Waals surface area contributed by atoms with E-state index in [-0.39, 0.29) is 0 Å². The number of aliphatic hydroxyl groups is 2. The van der Waals surface area contributed by atoms with Crippen LogP contribution in [-0.2, 0) is 4.57 Å². The molecule has 0 aliphatic rings. The number of aliphatic hydroxyl groups excluding tert-OH is 2. The molecule has 0 bridgehead atoms. The summed E-state index contributed by atoms with van der Waals surface area (Å²) in [6, 6.07) is 0. The van der Waals surface area contributed by atoms with Gasteiger partial charge in [-0.1, -0.05) is 12.2 Å². The van der Waals surface area contributed by atoms with Gasteiger partial charge in [-0.05, 0) is 13.8 Å². The fourth-order valence-electron chi connectivity index (χ4n) is 0.516. The maximum Gasteiger partial charge on any atom is 0.259 e. The summed E-state index contributed by atoms with van der Waals surface area (Å²) in [5.74, 6) is -2.86. The van der Waals surface area contributed by atoms with Crippen LogP contribution in [-0.4, -0.2) is 26.8 Å². The van der Waals surface area contributed by atoms with E-state index >= 15 is 0 Å². The zero-order valence-corrected chi connectivity index (χ0v) is 7.40. The Morgan fingerprint density at radius 1 is 1.45 bits per heavy atom. The molecule has 0 aliphatic carbocycles. The van der Waals surface area contributed by atoms with Crippen LogP contribution >= 0.6 is 7.37 Å². The molecule has 3 atom stereocenters. The minimum absolute atomic E-state index is 1.17. The third-order valence-electron chi connectivity index (χ3n) is 1.28. The number of rotatable bonds is 3. The molecule has 0 fully saturated rings. The van der Waals surface area contributed by atoms with Gasteiger partial charge in [0.1, 0.15) is 5.85 Å². The van der Waals surface area contributed by atoms with Crippen LogP contribution in [0.2, 0.25) is 0 Å². The second kappa shape index (κ2) is 4.02. The first kappa shape index (κ1) is 10.8. The molecular formula is C6H13O4P. The first-order valence-corrected chi connectivity index (χ1v) is 5.03. The van der Waals surface area contributed by atoms with Crippen molar-refractivity contribution < 1.29 is 19.7 Å². The van der Waals surface area contributed by atoms with E-state index in [1.807, 2.05) is 0 Å². The first-order valence-electron chi connectivity index (χ1n) is 3.24. The van der Waals surface area contributed by atoms with Crippen molar-refractivity contribution in [3.05, 3.63) is 12.2 Å². The van der Waals surface area contributed by atoms with E-state index in [9.17, 15) is 4.57 Å². The van der Waals surface area contributed by atoms with Crippen molar-refractivity contribution in [3.8, 4) is 0 Å². The van der Waals surface area contributed by atoms with Crippen molar-refractivity contribution >= 4 is 7.37 Å². The van der Waals surface area contributed by atoms with Gasteiger partial charge in [0.05, 0.1) is 0 Å². The van der Waals surface area contributed by atoms with E-state index in [4.69, 9.17) is 15.1 Å². The molecule has 0 aliphatic heterocycles. The molecule has 0 spiro atoms. The Kier molecular flexibility index (Phi) is 3.97. The highest BCUT2D eigenvalue weighted by Crippen LogP contribution is 2.49. The van der Waals surface area contributed by atoms with Gasteiger partial charge in [0, 0.05) is 0 Å². The van der Waals surface area contributed by atoms with Crippen LogP contribution < -0.4 is 0 Å². The zero-order chi connectivity index (χ0) is 9.07. The summed E-state index contributed by atoms with van der Waals surface area (Å²) in [6.45, 7) is 2.79. The Morgan fingerprint density at radius 3 is 2.18 bits per heavy atom. The fraction of sp³-hybridized carbons (Fsp3) is 0.667. The van der Waals surface area contributed by atoms with E-state index < -0.39 is 19.1 Å². The lowest BCUT2D eigenvalue weighted by Gasteiger charge is -2.17. The largest absolute Gasteiger partial charge is 0.383 e. The van der Waals surface area contributed by atoms with Gasteiger partial charge in [-0.2, -0.15) is 0 Å². The molecule has 0 radical (unpaired) electrons. The van der Waals surface area contributed by atoms with Crippen LogP contribution in [0.5, 0.6) is 0 Å². The summed E-state index contributed by atoms with van der Waals surface area (Å²) in [6.07, 6.45) is 2.63. The predicted molar refractivity (Wildman–Crippen MR) is 42.3 cm³/mol. The van der Waals surface area contributed by atoms with E-state index in [0.717, 1.165) is 0 Å². The number of hydrogen-bond donors (Lipinski definition) is 3. The maximum atomic E-state index is 11.0. The molecule has 5 heteroatoms. The smallest absolute Gasteiger partial charge is 0.259 e. The van der Waals surface area contributed by atoms with Crippen molar-refractivity contribution in [1.29, 1.82) is 0 Å². The molecule has 11 heavy (non-hydrogen) atoms. The molecule has 0 amide bonds. The molecule has 0 aromatic rings. The molecule has 4 nitrogen and oxygen atoms in total. The predicted octanol–water partition coefficient (Wildman–Crippen LogP) is 0.490. The second-order valence-electron chi connectivity index (χ2n) is 2.24. The summed E-state index contributed by atoms with van der Waals surface area (Å²) in [4.78, 5) is 9.00. The van der Waals surface area contributed by atoms with Gasteiger partial charge in [0.25, 0.3) is 7.37 Å². The summed E-state index contributed by atoms with van der Waals surface area (Å²) < 4.78 is 11.0. The van der Waals surface area contributed by atoms with Gasteiger partial charge in [0.15, 0.2) is 5.85 Å². The van der Waals surface area contributed by atoms with Gasteiger partial charge < -0.3 is 15.1 Å². The summed E-state index contributed by atoms with van der Waals surface area (Å²) in [5.41, 5.74) is 0. The minimum atomic E-state index is -3.85. The van der Waals surface area contributed by atoms with Crippen LogP contribution in [0.25, 0.3) is 0 Å². The summed E-state index contributed by atoms with van der Waals surface area (Å²) in [7, 11) is -3.85. The quantitative estimate of drug-likeness (QED) is 0.436. The molecule has 0 rings (SSSR count). The Labute approximate surface area is 65.6 Å². The highest BCUT2D eigenvalue weighted by Gasteiger charge is 2.32. The lowest BCUT2D eigenvalue weighted by atomic mass is 10.6. The summed E-state index contributed by atoms with van der Waals surface area (Å²) in [5, 5.41) is 17.8. The highest BCUT2D eigenvalue weighted by atomic mass is 31.2. The van der Waals surface area contributed by atoms with Crippen LogP contribution in [0.15, 0.2) is 12.2 Å². The number of allylic oxidation sites excluding steroid dienone is 1. The van der Waals surface area contributed by atoms with Crippen LogP contribution in [0, 0.1) is 0 Å². The molecule has 66 valence electrons. The third-order valence-corrected chi connectivity index (χ3v) is 3.28. The van der Waals surface area contributed by atoms with Crippen molar-refractivity contribution in [2.24, 2.45) is 0 Å². The van der Waals surface area contributed by atoms with Crippen LogP contribution in [0.1, 0.15) is 13.8 Å². The van der Waals surface area contributed by atoms with E-state index in [2.05, 4.69) is 0 Å². The Hall–Kier alpha value is -0.150. The normalized spacial score (nSPS) is 23.0. The highest BCUT2D eigenvalue weighted by molar-refractivity contribution is 7.59. The first-order chi connectivity index (χ1) is 4.92. The van der Waals surface area contributed by atoms with Crippen molar-refractivity contribution in [2.45, 2.75) is 25.5 Å². The minimum Gasteiger partial charge on any atom is -0.383 e. The number of hydrogen-bond acceptors (Lipinski definition) is 3. The Morgan fingerprint density at radius 2 is 1.91 bits per heavy atom. The standard InChI is InChI=1S/C6H13O4P/c1-3-4-6(8)11(9,10)5(2)7/h3-8H,1-2H3,(H,9,10). The van der Waals surface area contributed by atoms with E-state index in [1.54, 1.807) is 6.92 Å². The molecule has 0 saturated heterocycles. The van der Waals surface area contributed by atoms with E-state index in [0.29, 0.717) is 0 Å². The van der Waals surface area contributed by atoms with Crippen molar-refractivity contribution in [1.82, 2.24) is 0 Å². The van der Waals surface area contributed by atoms with Gasteiger partial charge >= 0.3 is 0 Å². The van der Waals surface area contributed by atoms with Crippen LogP contribution in [0.3, 0.4) is 0 Å². The fourth-order valence-corrected chi connectivity index (χ4v) is 1.38. The molecule has 0 aromatic heterocycles. The molecular weight excluding hydrogens is 167 g/mol. The topological polar surface area (TPSA) is 77.8 Å². The monoisotopic (exact) mass is 180 g/mol. The van der Waals surface area contributed by atoms with Gasteiger partial charge in [-0.25, -0.2) is 0 Å². The molecule has 3 N–H and O–H groups in total. The lowest BCUT2D eigenvalue weighted by Crippen LogP contribution is -2.13. The molecule has 0 heterocycles. The van der Waals surface area contributed by atoms with Crippen molar-refractivity contribution in [2.75, 3.05) is 0 Å². The van der Waals surface area contributed by atoms with Crippen LogP contribution in [0.4, 0.5) is 0 Å². The van der Waals surface area contributed by atoms with Gasteiger partial charge in [0.2, 0.25) is 0 Å². The van der Waals surface area contributed by atoms with Crippen molar-refractivity contribution in [3.63, 3.8) is 0 Å². The SMILES string of the molecule is CC=CC(O)P(=O)(O)C(C)O. The molecule has 0 aromatic carbocycles. The average Bonchev–Trinajstić information content (AvgIpc) is 1.88.